The van der Waals surface area contributed by atoms with E-state index in [2.05, 4.69) is 29.6 Å². The van der Waals surface area contributed by atoms with Gasteiger partial charge in [-0.3, -0.25) is 4.79 Å². The van der Waals surface area contributed by atoms with Crippen molar-refractivity contribution in [1.29, 1.82) is 0 Å². The molecule has 4 nitrogen and oxygen atoms in total. The molecule has 128 valence electrons. The van der Waals surface area contributed by atoms with Crippen molar-refractivity contribution < 1.29 is 14.6 Å². The fraction of sp³-hybridized carbons (Fsp3) is 0.350. The van der Waals surface area contributed by atoms with E-state index in [9.17, 15) is 9.90 Å². The molecule has 2 aromatic rings. The molecule has 2 N–H and O–H groups in total. The minimum Gasteiger partial charge on any atom is -0.484 e. The fourth-order valence-electron chi connectivity index (χ4n) is 2.35. The second-order valence-electron chi connectivity index (χ2n) is 6.14. The Morgan fingerprint density at radius 1 is 1.04 bits per heavy atom. The topological polar surface area (TPSA) is 58.6 Å². The fourth-order valence-corrected chi connectivity index (χ4v) is 2.35. The molecule has 0 unspecified atom stereocenters. The number of rotatable bonds is 8. The van der Waals surface area contributed by atoms with Crippen LogP contribution in [-0.2, 0) is 11.2 Å². The predicted octanol–water partition coefficient (Wildman–Crippen LogP) is 2.65. The lowest BCUT2D eigenvalue weighted by atomic mass is 9.99. The number of aliphatic hydroxyl groups is 1. The second-order valence-corrected chi connectivity index (χ2v) is 6.14. The van der Waals surface area contributed by atoms with E-state index in [0.29, 0.717) is 12.3 Å². The number of carbonyl (C=O) groups is 1. The van der Waals surface area contributed by atoms with Gasteiger partial charge < -0.3 is 15.2 Å². The molecule has 0 saturated carbocycles. The maximum absolute atomic E-state index is 11.9. The van der Waals surface area contributed by atoms with Crippen molar-refractivity contribution in [3.8, 4) is 5.75 Å². The number of aliphatic hydroxyl groups excluding tert-OH is 1. The highest BCUT2D eigenvalue weighted by Crippen LogP contribution is 2.11. The Kier molecular flexibility index (Phi) is 6.82. The van der Waals surface area contributed by atoms with Gasteiger partial charge in [0.1, 0.15) is 5.75 Å². The Labute approximate surface area is 143 Å². The van der Waals surface area contributed by atoms with E-state index in [4.69, 9.17) is 4.74 Å². The molecule has 0 saturated heterocycles. The maximum Gasteiger partial charge on any atom is 0.257 e. The van der Waals surface area contributed by atoms with Crippen molar-refractivity contribution in [2.75, 3.05) is 19.8 Å². The standard InChI is InChI=1S/C20H25NO3/c1-15-3-7-17(8-4-15)11-18(13-22)12-21-20(23)14-24-19-9-5-16(2)6-10-19/h3-10,18,22H,11-14H2,1-2H3,(H,21,23)/t18-/m0/s1. The number of aryl methyl sites for hydroxylation is 2. The number of hydrogen-bond acceptors (Lipinski definition) is 3. The smallest absolute Gasteiger partial charge is 0.257 e. The summed E-state index contributed by atoms with van der Waals surface area (Å²) >= 11 is 0. The lowest BCUT2D eigenvalue weighted by Gasteiger charge is -2.15. The van der Waals surface area contributed by atoms with E-state index in [1.807, 2.05) is 38.1 Å². The number of benzene rings is 2. The molecular weight excluding hydrogens is 302 g/mol. The summed E-state index contributed by atoms with van der Waals surface area (Å²) < 4.78 is 5.45. The van der Waals surface area contributed by atoms with E-state index in [0.717, 1.165) is 17.5 Å². The summed E-state index contributed by atoms with van der Waals surface area (Å²) in [6.07, 6.45) is 0.732. The summed E-state index contributed by atoms with van der Waals surface area (Å²) in [7, 11) is 0. The first kappa shape index (κ1) is 18.0. The van der Waals surface area contributed by atoms with Crippen LogP contribution in [-0.4, -0.2) is 30.8 Å². The van der Waals surface area contributed by atoms with Crippen LogP contribution >= 0.6 is 0 Å². The molecule has 24 heavy (non-hydrogen) atoms. The summed E-state index contributed by atoms with van der Waals surface area (Å²) in [6, 6.07) is 15.8. The van der Waals surface area contributed by atoms with Crippen molar-refractivity contribution >= 4 is 5.91 Å². The molecular formula is C20H25NO3. The lowest BCUT2D eigenvalue weighted by molar-refractivity contribution is -0.123. The lowest BCUT2D eigenvalue weighted by Crippen LogP contribution is -2.35. The number of ether oxygens (including phenoxy) is 1. The van der Waals surface area contributed by atoms with Gasteiger partial charge in [0.15, 0.2) is 6.61 Å². The largest absolute Gasteiger partial charge is 0.484 e. The highest BCUT2D eigenvalue weighted by molar-refractivity contribution is 5.77. The zero-order valence-corrected chi connectivity index (χ0v) is 14.3. The number of amides is 1. The van der Waals surface area contributed by atoms with Crippen molar-refractivity contribution in [2.45, 2.75) is 20.3 Å². The Morgan fingerprint density at radius 2 is 1.62 bits per heavy atom. The summed E-state index contributed by atoms with van der Waals surface area (Å²) in [5, 5.41) is 12.3. The molecule has 0 radical (unpaired) electrons. The third kappa shape index (κ3) is 6.05. The molecule has 4 heteroatoms. The SMILES string of the molecule is Cc1ccc(C[C@H](CO)CNC(=O)COc2ccc(C)cc2)cc1. The van der Waals surface area contributed by atoms with Gasteiger partial charge in [0, 0.05) is 19.1 Å². The van der Waals surface area contributed by atoms with Crippen LogP contribution in [0.3, 0.4) is 0 Å². The zero-order chi connectivity index (χ0) is 17.4. The molecule has 0 heterocycles. The van der Waals surface area contributed by atoms with Gasteiger partial charge in [-0.2, -0.15) is 0 Å². The van der Waals surface area contributed by atoms with Crippen LogP contribution in [0.2, 0.25) is 0 Å². The molecule has 0 spiro atoms. The van der Waals surface area contributed by atoms with Crippen molar-refractivity contribution in [3.05, 3.63) is 65.2 Å². The minimum atomic E-state index is -0.182. The Hall–Kier alpha value is -2.33. The molecule has 0 fully saturated rings. The van der Waals surface area contributed by atoms with Gasteiger partial charge in [-0.15, -0.1) is 0 Å². The van der Waals surface area contributed by atoms with Gasteiger partial charge in [0.2, 0.25) is 0 Å². The average Bonchev–Trinajstić information content (AvgIpc) is 2.59. The van der Waals surface area contributed by atoms with Crippen LogP contribution in [0.4, 0.5) is 0 Å². The number of carbonyl (C=O) groups excluding carboxylic acids is 1. The van der Waals surface area contributed by atoms with Gasteiger partial charge >= 0.3 is 0 Å². The molecule has 2 rings (SSSR count). The van der Waals surface area contributed by atoms with Crippen LogP contribution in [0.5, 0.6) is 5.75 Å². The third-order valence-electron chi connectivity index (χ3n) is 3.88. The number of hydrogen-bond donors (Lipinski definition) is 2. The molecule has 1 amide bonds. The van der Waals surface area contributed by atoms with Gasteiger partial charge in [-0.1, -0.05) is 47.5 Å². The predicted molar refractivity (Wildman–Crippen MR) is 95.1 cm³/mol. The van der Waals surface area contributed by atoms with Crippen molar-refractivity contribution in [3.63, 3.8) is 0 Å². The molecule has 0 aliphatic carbocycles. The summed E-state index contributed by atoms with van der Waals surface area (Å²) in [6.45, 7) is 4.49. The monoisotopic (exact) mass is 327 g/mol. The van der Waals surface area contributed by atoms with Crippen LogP contribution < -0.4 is 10.1 Å². The van der Waals surface area contributed by atoms with E-state index in [1.54, 1.807) is 0 Å². The van der Waals surface area contributed by atoms with E-state index >= 15 is 0 Å². The van der Waals surface area contributed by atoms with Gasteiger partial charge in [-0.25, -0.2) is 0 Å². The highest BCUT2D eigenvalue weighted by atomic mass is 16.5. The van der Waals surface area contributed by atoms with Crippen LogP contribution in [0.25, 0.3) is 0 Å². The van der Waals surface area contributed by atoms with Gasteiger partial charge in [0.05, 0.1) is 0 Å². The quantitative estimate of drug-likeness (QED) is 0.784. The van der Waals surface area contributed by atoms with Crippen molar-refractivity contribution in [2.24, 2.45) is 5.92 Å². The van der Waals surface area contributed by atoms with Crippen LogP contribution in [0, 0.1) is 19.8 Å². The second kappa shape index (κ2) is 9.08. The van der Waals surface area contributed by atoms with Crippen LogP contribution in [0.1, 0.15) is 16.7 Å². The van der Waals surface area contributed by atoms with Gasteiger partial charge in [-0.05, 0) is 38.0 Å². The van der Waals surface area contributed by atoms with Crippen molar-refractivity contribution in [1.82, 2.24) is 5.32 Å². The molecule has 0 bridgehead atoms. The first-order valence-corrected chi connectivity index (χ1v) is 8.19. The number of nitrogens with one attached hydrogen (secondary N) is 1. The first-order valence-electron chi connectivity index (χ1n) is 8.19. The zero-order valence-electron chi connectivity index (χ0n) is 14.3. The molecule has 0 aliphatic heterocycles. The van der Waals surface area contributed by atoms with E-state index in [-0.39, 0.29) is 25.0 Å². The third-order valence-corrected chi connectivity index (χ3v) is 3.88. The molecule has 0 aromatic heterocycles. The van der Waals surface area contributed by atoms with Gasteiger partial charge in [0.25, 0.3) is 5.91 Å². The summed E-state index contributed by atoms with van der Waals surface area (Å²) in [5.74, 6) is 0.489. The molecule has 0 aliphatic rings. The average molecular weight is 327 g/mol. The Bertz CT molecular complexity index is 635. The van der Waals surface area contributed by atoms with Crippen LogP contribution in [0.15, 0.2) is 48.5 Å². The summed E-state index contributed by atoms with van der Waals surface area (Å²) in [5.41, 5.74) is 3.51. The maximum atomic E-state index is 11.9. The minimum absolute atomic E-state index is 0.00368. The Balaban J connectivity index is 1.74. The molecule has 1 atom stereocenters. The Morgan fingerprint density at radius 3 is 2.21 bits per heavy atom. The normalized spacial score (nSPS) is 11.8. The van der Waals surface area contributed by atoms with E-state index < -0.39 is 0 Å². The molecule has 2 aromatic carbocycles. The highest BCUT2D eigenvalue weighted by Gasteiger charge is 2.11. The summed E-state index contributed by atoms with van der Waals surface area (Å²) in [4.78, 5) is 11.9. The first-order chi connectivity index (χ1) is 11.6. The van der Waals surface area contributed by atoms with E-state index in [1.165, 1.54) is 5.56 Å².